The van der Waals surface area contributed by atoms with Gasteiger partial charge in [-0.15, -0.1) is 0 Å². The zero-order valence-electron chi connectivity index (χ0n) is 13.8. The second-order valence-corrected chi connectivity index (χ2v) is 6.93. The molecule has 2 saturated heterocycles. The number of imidazole rings is 1. The normalized spacial score (nSPS) is 24.1. The number of carbonyl (C=O) groups is 1. The van der Waals surface area contributed by atoms with E-state index in [9.17, 15) is 9.59 Å². The number of carbonyl (C=O) groups excluding carboxylic acids is 1. The van der Waals surface area contributed by atoms with E-state index >= 15 is 0 Å². The molecule has 1 N–H and O–H groups in total. The predicted molar refractivity (Wildman–Crippen MR) is 91.4 cm³/mol. The molecule has 1 amide bonds. The maximum atomic E-state index is 12.9. The van der Waals surface area contributed by atoms with Crippen molar-refractivity contribution in [1.29, 1.82) is 0 Å². The van der Waals surface area contributed by atoms with Gasteiger partial charge >= 0.3 is 5.69 Å². The Labute approximate surface area is 140 Å². The van der Waals surface area contributed by atoms with Gasteiger partial charge in [0.1, 0.15) is 0 Å². The first-order valence-corrected chi connectivity index (χ1v) is 8.51. The first-order valence-electron chi connectivity index (χ1n) is 8.51. The van der Waals surface area contributed by atoms with Crippen molar-refractivity contribution >= 4 is 5.91 Å². The highest BCUT2D eigenvalue weighted by molar-refractivity contribution is 5.94. The fraction of sp³-hybridized carbons (Fsp3) is 0.444. The van der Waals surface area contributed by atoms with Crippen molar-refractivity contribution in [2.45, 2.75) is 19.4 Å². The van der Waals surface area contributed by atoms with E-state index in [0.29, 0.717) is 23.2 Å². The molecule has 2 fully saturated rings. The van der Waals surface area contributed by atoms with E-state index in [-0.39, 0.29) is 11.6 Å². The second-order valence-electron chi connectivity index (χ2n) is 6.93. The molecule has 6 nitrogen and oxygen atoms in total. The molecule has 1 aromatic carbocycles. The SMILES string of the molecule is CC1CC2CN(C(=O)c3cccc(-n4cc[nH]c4=O)c3)CCN2C1. The van der Waals surface area contributed by atoms with Gasteiger partial charge in [0.15, 0.2) is 0 Å². The summed E-state index contributed by atoms with van der Waals surface area (Å²) in [6.07, 6.45) is 4.44. The maximum Gasteiger partial charge on any atom is 0.330 e. The fourth-order valence-electron chi connectivity index (χ4n) is 3.98. The molecule has 0 aliphatic carbocycles. The van der Waals surface area contributed by atoms with Crippen LogP contribution in [0.3, 0.4) is 0 Å². The molecule has 2 atom stereocenters. The molecule has 3 heterocycles. The Hall–Kier alpha value is -2.34. The number of nitrogens with one attached hydrogen (secondary N) is 1. The predicted octanol–water partition coefficient (Wildman–Crippen LogP) is 1.33. The summed E-state index contributed by atoms with van der Waals surface area (Å²) in [5.74, 6) is 0.772. The average Bonchev–Trinajstić information content (AvgIpc) is 3.18. The van der Waals surface area contributed by atoms with Crippen LogP contribution < -0.4 is 5.69 Å². The van der Waals surface area contributed by atoms with Crippen LogP contribution in [-0.4, -0.2) is 57.5 Å². The zero-order valence-corrected chi connectivity index (χ0v) is 13.8. The molecule has 4 rings (SSSR count). The lowest BCUT2D eigenvalue weighted by Gasteiger charge is -2.37. The van der Waals surface area contributed by atoms with Crippen LogP contribution in [-0.2, 0) is 0 Å². The summed E-state index contributed by atoms with van der Waals surface area (Å²) >= 11 is 0. The molecular weight excluding hydrogens is 304 g/mol. The molecule has 0 bridgehead atoms. The van der Waals surface area contributed by atoms with Crippen LogP contribution in [0.15, 0.2) is 41.5 Å². The van der Waals surface area contributed by atoms with Gasteiger partial charge in [-0.05, 0) is 30.5 Å². The van der Waals surface area contributed by atoms with E-state index in [0.717, 1.165) is 26.2 Å². The minimum atomic E-state index is -0.201. The van der Waals surface area contributed by atoms with Gasteiger partial charge in [0.25, 0.3) is 5.91 Å². The van der Waals surface area contributed by atoms with Crippen LogP contribution in [0, 0.1) is 5.92 Å². The van der Waals surface area contributed by atoms with E-state index < -0.39 is 0 Å². The van der Waals surface area contributed by atoms with Crippen LogP contribution in [0.25, 0.3) is 5.69 Å². The Kier molecular flexibility index (Phi) is 3.76. The Morgan fingerprint density at radius 1 is 1.25 bits per heavy atom. The Bertz CT molecular complexity index is 809. The Balaban J connectivity index is 1.55. The maximum absolute atomic E-state index is 12.9. The summed E-state index contributed by atoms with van der Waals surface area (Å²) in [7, 11) is 0. The van der Waals surface area contributed by atoms with E-state index in [2.05, 4.69) is 16.8 Å². The monoisotopic (exact) mass is 326 g/mol. The van der Waals surface area contributed by atoms with Gasteiger partial charge in [-0.3, -0.25) is 14.3 Å². The minimum absolute atomic E-state index is 0.0552. The largest absolute Gasteiger partial charge is 0.336 e. The van der Waals surface area contributed by atoms with Crippen LogP contribution in [0.5, 0.6) is 0 Å². The second kappa shape index (κ2) is 5.94. The third-order valence-corrected chi connectivity index (χ3v) is 5.13. The van der Waals surface area contributed by atoms with Crippen molar-refractivity contribution in [3.05, 3.63) is 52.7 Å². The summed E-state index contributed by atoms with van der Waals surface area (Å²) in [6.45, 7) is 5.97. The van der Waals surface area contributed by atoms with Crippen LogP contribution in [0.1, 0.15) is 23.7 Å². The molecule has 2 unspecified atom stereocenters. The van der Waals surface area contributed by atoms with Crippen molar-refractivity contribution in [1.82, 2.24) is 19.4 Å². The van der Waals surface area contributed by atoms with E-state index in [1.54, 1.807) is 18.5 Å². The third-order valence-electron chi connectivity index (χ3n) is 5.13. The topological polar surface area (TPSA) is 61.3 Å². The molecule has 24 heavy (non-hydrogen) atoms. The van der Waals surface area contributed by atoms with Gasteiger partial charge < -0.3 is 9.88 Å². The lowest BCUT2D eigenvalue weighted by Crippen LogP contribution is -2.52. The number of piperazine rings is 1. The summed E-state index contributed by atoms with van der Waals surface area (Å²) in [5, 5.41) is 0. The van der Waals surface area contributed by atoms with Crippen molar-refractivity contribution in [2.24, 2.45) is 5.92 Å². The Morgan fingerprint density at radius 2 is 2.12 bits per heavy atom. The Morgan fingerprint density at radius 3 is 2.92 bits per heavy atom. The van der Waals surface area contributed by atoms with Gasteiger partial charge in [0.2, 0.25) is 0 Å². The number of fused-ring (bicyclic) bond motifs is 1. The van der Waals surface area contributed by atoms with Gasteiger partial charge in [-0.25, -0.2) is 4.79 Å². The van der Waals surface area contributed by atoms with E-state index in [1.807, 2.05) is 23.1 Å². The molecule has 0 spiro atoms. The lowest BCUT2D eigenvalue weighted by molar-refractivity contribution is 0.0571. The summed E-state index contributed by atoms with van der Waals surface area (Å²) in [6, 6.07) is 7.78. The molecule has 0 saturated carbocycles. The highest BCUT2D eigenvalue weighted by Crippen LogP contribution is 2.26. The number of aromatic nitrogens is 2. The van der Waals surface area contributed by atoms with Crippen LogP contribution in [0.2, 0.25) is 0 Å². The fourth-order valence-corrected chi connectivity index (χ4v) is 3.98. The quantitative estimate of drug-likeness (QED) is 0.906. The van der Waals surface area contributed by atoms with Gasteiger partial charge in [0.05, 0.1) is 5.69 Å². The summed E-state index contributed by atoms with van der Waals surface area (Å²) in [5.41, 5.74) is 1.15. The summed E-state index contributed by atoms with van der Waals surface area (Å²) < 4.78 is 1.51. The smallest absolute Gasteiger partial charge is 0.330 e. The number of H-pyrrole nitrogens is 1. The zero-order chi connectivity index (χ0) is 16.7. The van der Waals surface area contributed by atoms with Crippen molar-refractivity contribution < 1.29 is 4.79 Å². The van der Waals surface area contributed by atoms with E-state index in [1.165, 1.54) is 11.0 Å². The number of benzene rings is 1. The molecule has 126 valence electrons. The number of aromatic amines is 1. The van der Waals surface area contributed by atoms with E-state index in [4.69, 9.17) is 0 Å². The number of rotatable bonds is 2. The minimum Gasteiger partial charge on any atom is -0.336 e. The summed E-state index contributed by atoms with van der Waals surface area (Å²) in [4.78, 5) is 31.7. The highest BCUT2D eigenvalue weighted by Gasteiger charge is 2.35. The van der Waals surface area contributed by atoms with Crippen LogP contribution in [0.4, 0.5) is 0 Å². The molecule has 1 aromatic heterocycles. The first-order chi connectivity index (χ1) is 11.6. The van der Waals surface area contributed by atoms with Crippen LogP contribution >= 0.6 is 0 Å². The molecule has 6 heteroatoms. The lowest BCUT2D eigenvalue weighted by atomic mass is 10.1. The van der Waals surface area contributed by atoms with Gasteiger partial charge in [-0.1, -0.05) is 13.0 Å². The average molecular weight is 326 g/mol. The highest BCUT2D eigenvalue weighted by atomic mass is 16.2. The van der Waals surface area contributed by atoms with Gasteiger partial charge in [-0.2, -0.15) is 0 Å². The standard InChI is InChI=1S/C18H22N4O2/c1-13-9-16-12-21(8-7-20(16)11-13)17(23)14-3-2-4-15(10-14)22-6-5-19-18(22)24/h2-6,10,13,16H,7-9,11-12H2,1H3,(H,19,24). The molecule has 2 aliphatic rings. The van der Waals surface area contributed by atoms with Crippen molar-refractivity contribution in [3.63, 3.8) is 0 Å². The molecular formula is C18H22N4O2. The number of nitrogens with zero attached hydrogens (tertiary/aromatic N) is 3. The number of hydrogen-bond donors (Lipinski definition) is 1. The molecule has 2 aromatic rings. The van der Waals surface area contributed by atoms with Gasteiger partial charge in [0, 0.05) is 50.2 Å². The number of hydrogen-bond acceptors (Lipinski definition) is 3. The molecule has 2 aliphatic heterocycles. The molecule has 0 radical (unpaired) electrons. The third kappa shape index (κ3) is 2.67. The van der Waals surface area contributed by atoms with Crippen molar-refractivity contribution in [2.75, 3.05) is 26.2 Å². The number of amides is 1. The first kappa shape index (κ1) is 15.2. The van der Waals surface area contributed by atoms with Crippen molar-refractivity contribution in [3.8, 4) is 5.69 Å².